The summed E-state index contributed by atoms with van der Waals surface area (Å²) in [7, 11) is 0.656. The third-order valence-corrected chi connectivity index (χ3v) is 7.81. The largest absolute Gasteiger partial charge is 0.495 e. The van der Waals surface area contributed by atoms with Gasteiger partial charge in [-0.3, -0.25) is 14.3 Å². The zero-order chi connectivity index (χ0) is 31.0. The normalized spacial score (nSPS) is 10.7. The number of nitrogens with one attached hydrogen (secondary N) is 3. The van der Waals surface area contributed by atoms with E-state index in [-0.39, 0.29) is 22.5 Å². The van der Waals surface area contributed by atoms with Crippen LogP contribution in [0.25, 0.3) is 11.1 Å². The van der Waals surface area contributed by atoms with Crippen LogP contribution in [0.15, 0.2) is 95.9 Å². The molecule has 0 fully saturated rings. The maximum Gasteiger partial charge on any atom is 0.265 e. The Labute approximate surface area is 251 Å². The molecule has 10 nitrogen and oxygen atoms in total. The average Bonchev–Trinajstić information content (AvgIpc) is 3.02. The van der Waals surface area contributed by atoms with Gasteiger partial charge >= 0.3 is 0 Å². The third-order valence-electron chi connectivity index (χ3n) is 6.41. The van der Waals surface area contributed by atoms with Crippen molar-refractivity contribution in [2.45, 2.75) is 4.90 Å². The van der Waals surface area contributed by atoms with Crippen molar-refractivity contribution >= 4 is 33.2 Å². The number of carbonyl (C=O) groups is 2. The molecule has 0 aliphatic heterocycles. The number of amides is 2. The highest BCUT2D eigenvalue weighted by molar-refractivity contribution is 7.92. The molecule has 0 aromatic heterocycles. The van der Waals surface area contributed by atoms with Gasteiger partial charge in [-0.25, -0.2) is 8.42 Å². The van der Waals surface area contributed by atoms with Gasteiger partial charge in [0.05, 0.1) is 24.4 Å². The maximum absolute atomic E-state index is 13.5. The molecule has 0 spiro atoms. The first-order valence-corrected chi connectivity index (χ1v) is 14.7. The molecular weight excluding hydrogens is 566 g/mol. The van der Waals surface area contributed by atoms with Crippen LogP contribution >= 0.6 is 0 Å². The number of anilines is 2. The standard InChI is InChI=1S/C32H31N5O5S/c1-37(2)32(39)26-10-5-8-23(18-26)24-13-14-29(42-3)30(19-24)43(40,41)36-28-12-6-11-27(20-28)34-15-16-35-31(38)25-9-4-7-22(17-25)21-33/h4-14,17-20,34,36H,15-16H2,1-3H3,(H,35,38). The van der Waals surface area contributed by atoms with Crippen LogP contribution in [0.3, 0.4) is 0 Å². The van der Waals surface area contributed by atoms with Gasteiger partial charge in [0.25, 0.3) is 21.8 Å². The van der Waals surface area contributed by atoms with Crippen molar-refractivity contribution < 1.29 is 22.7 Å². The lowest BCUT2D eigenvalue weighted by molar-refractivity contribution is 0.0827. The smallest absolute Gasteiger partial charge is 0.265 e. The molecule has 0 saturated heterocycles. The number of sulfonamides is 1. The topological polar surface area (TPSA) is 141 Å². The molecule has 3 N–H and O–H groups in total. The molecule has 11 heteroatoms. The second kappa shape index (κ2) is 13.5. The van der Waals surface area contributed by atoms with Crippen LogP contribution in [-0.2, 0) is 10.0 Å². The Bertz CT molecular complexity index is 1800. The highest BCUT2D eigenvalue weighted by Crippen LogP contribution is 2.32. The van der Waals surface area contributed by atoms with Gasteiger partial charge < -0.3 is 20.3 Å². The monoisotopic (exact) mass is 597 g/mol. The van der Waals surface area contributed by atoms with E-state index in [9.17, 15) is 18.0 Å². The number of hydrogen-bond donors (Lipinski definition) is 3. The van der Waals surface area contributed by atoms with Crippen LogP contribution in [0, 0.1) is 11.3 Å². The Balaban J connectivity index is 1.45. The van der Waals surface area contributed by atoms with E-state index in [1.807, 2.05) is 6.07 Å². The second-order valence-corrected chi connectivity index (χ2v) is 11.4. The van der Waals surface area contributed by atoms with E-state index in [1.165, 1.54) is 24.1 Å². The Morgan fingerprint density at radius 3 is 2.28 bits per heavy atom. The predicted octanol–water partition coefficient (Wildman–Crippen LogP) is 4.58. The number of hydrogen-bond acceptors (Lipinski definition) is 7. The summed E-state index contributed by atoms with van der Waals surface area (Å²) >= 11 is 0. The summed E-state index contributed by atoms with van der Waals surface area (Å²) in [6, 6.07) is 27.0. The van der Waals surface area contributed by atoms with Crippen molar-refractivity contribution in [1.82, 2.24) is 10.2 Å². The maximum atomic E-state index is 13.5. The molecule has 4 rings (SSSR count). The third kappa shape index (κ3) is 7.69. The first-order chi connectivity index (χ1) is 20.6. The fraction of sp³-hybridized carbons (Fsp3) is 0.156. The zero-order valence-corrected chi connectivity index (χ0v) is 24.7. The van der Waals surface area contributed by atoms with Gasteiger partial charge in [-0.2, -0.15) is 5.26 Å². The quantitative estimate of drug-likeness (QED) is 0.215. The number of benzene rings is 4. The van der Waals surface area contributed by atoms with Gasteiger partial charge in [0.15, 0.2) is 0 Å². The van der Waals surface area contributed by atoms with E-state index >= 15 is 0 Å². The van der Waals surface area contributed by atoms with Gasteiger partial charge in [0.1, 0.15) is 10.6 Å². The lowest BCUT2D eigenvalue weighted by atomic mass is 10.0. The predicted molar refractivity (Wildman–Crippen MR) is 166 cm³/mol. The fourth-order valence-corrected chi connectivity index (χ4v) is 5.52. The minimum Gasteiger partial charge on any atom is -0.495 e. The fourth-order valence-electron chi connectivity index (χ4n) is 4.27. The van der Waals surface area contributed by atoms with Crippen LogP contribution in [0.2, 0.25) is 0 Å². The summed E-state index contributed by atoms with van der Waals surface area (Å²) in [5.74, 6) is -0.291. The number of carbonyl (C=O) groups excluding carboxylic acids is 2. The summed E-state index contributed by atoms with van der Waals surface area (Å²) < 4.78 is 35.0. The molecular formula is C32H31N5O5S. The van der Waals surface area contributed by atoms with Crippen molar-refractivity contribution in [3.8, 4) is 22.9 Å². The Morgan fingerprint density at radius 1 is 0.837 bits per heavy atom. The first-order valence-electron chi connectivity index (χ1n) is 13.3. The minimum atomic E-state index is -4.07. The summed E-state index contributed by atoms with van der Waals surface area (Å²) in [5, 5.41) is 15.0. The highest BCUT2D eigenvalue weighted by Gasteiger charge is 2.21. The van der Waals surface area contributed by atoms with Crippen LogP contribution < -0.4 is 20.1 Å². The van der Waals surface area contributed by atoms with Crippen molar-refractivity contribution in [3.63, 3.8) is 0 Å². The molecule has 0 bridgehead atoms. The summed E-state index contributed by atoms with van der Waals surface area (Å²) in [6.07, 6.45) is 0. The van der Waals surface area contributed by atoms with Crippen molar-refractivity contribution in [2.24, 2.45) is 0 Å². The van der Waals surface area contributed by atoms with E-state index in [0.717, 1.165) is 0 Å². The van der Waals surface area contributed by atoms with E-state index < -0.39 is 10.0 Å². The molecule has 4 aromatic carbocycles. The number of ether oxygens (including phenoxy) is 1. The summed E-state index contributed by atoms with van der Waals surface area (Å²) in [4.78, 5) is 26.2. The average molecular weight is 598 g/mol. The molecule has 0 aliphatic rings. The minimum absolute atomic E-state index is 0.0571. The van der Waals surface area contributed by atoms with Crippen LogP contribution in [0.4, 0.5) is 11.4 Å². The van der Waals surface area contributed by atoms with E-state index in [0.29, 0.717) is 52.3 Å². The Hall–Kier alpha value is -5.34. The second-order valence-electron chi connectivity index (χ2n) is 9.71. The lowest BCUT2D eigenvalue weighted by Gasteiger charge is -2.15. The first kappa shape index (κ1) is 30.6. The van der Waals surface area contributed by atoms with Crippen molar-refractivity contribution in [3.05, 3.63) is 108 Å². The molecule has 220 valence electrons. The Morgan fingerprint density at radius 2 is 1.53 bits per heavy atom. The molecule has 43 heavy (non-hydrogen) atoms. The van der Waals surface area contributed by atoms with Gasteiger partial charge in [-0.15, -0.1) is 0 Å². The molecule has 2 amide bonds. The van der Waals surface area contributed by atoms with Gasteiger partial charge in [-0.1, -0.05) is 30.3 Å². The van der Waals surface area contributed by atoms with Crippen molar-refractivity contribution in [1.29, 1.82) is 5.26 Å². The van der Waals surface area contributed by atoms with E-state index in [4.69, 9.17) is 10.00 Å². The van der Waals surface area contributed by atoms with Gasteiger partial charge in [-0.05, 0) is 71.8 Å². The molecule has 0 radical (unpaired) electrons. The molecule has 0 saturated carbocycles. The zero-order valence-electron chi connectivity index (χ0n) is 23.9. The van der Waals surface area contributed by atoms with E-state index in [1.54, 1.807) is 93.0 Å². The van der Waals surface area contributed by atoms with E-state index in [2.05, 4.69) is 15.4 Å². The van der Waals surface area contributed by atoms with Crippen LogP contribution in [-0.4, -0.2) is 59.4 Å². The number of methoxy groups -OCH3 is 1. The van der Waals surface area contributed by atoms with Gasteiger partial charge in [0, 0.05) is 44.0 Å². The SMILES string of the molecule is COc1ccc(-c2cccc(C(=O)N(C)C)c2)cc1S(=O)(=O)Nc1cccc(NCCNC(=O)c2cccc(C#N)c2)c1. The number of rotatable bonds is 11. The highest BCUT2D eigenvalue weighted by atomic mass is 32.2. The van der Waals surface area contributed by atoms with Crippen molar-refractivity contribution in [2.75, 3.05) is 44.3 Å². The molecule has 0 atom stereocenters. The molecule has 0 aliphatic carbocycles. The van der Waals surface area contributed by atoms with Gasteiger partial charge in [0.2, 0.25) is 0 Å². The van der Waals surface area contributed by atoms with Crippen LogP contribution in [0.1, 0.15) is 26.3 Å². The summed E-state index contributed by atoms with van der Waals surface area (Å²) in [6.45, 7) is 0.683. The van der Waals surface area contributed by atoms with Crippen LogP contribution in [0.5, 0.6) is 5.75 Å². The summed E-state index contributed by atoms with van der Waals surface area (Å²) in [5.41, 5.74) is 3.54. The molecule has 0 unspecified atom stereocenters. The Kier molecular flexibility index (Phi) is 9.65. The number of nitriles is 1. The number of nitrogens with zero attached hydrogens (tertiary/aromatic N) is 2. The molecule has 0 heterocycles. The molecule has 4 aromatic rings. The lowest BCUT2D eigenvalue weighted by Crippen LogP contribution is -2.28.